The van der Waals surface area contributed by atoms with Gasteiger partial charge in [0.1, 0.15) is 0 Å². The molecule has 2 aromatic rings. The summed E-state index contributed by atoms with van der Waals surface area (Å²) in [5.41, 5.74) is 10.6. The van der Waals surface area contributed by atoms with Gasteiger partial charge >= 0.3 is 0 Å². The van der Waals surface area contributed by atoms with Crippen LogP contribution in [0, 0.1) is 0 Å². The molecule has 0 saturated carbocycles. The summed E-state index contributed by atoms with van der Waals surface area (Å²) in [6, 6.07) is 5.64. The van der Waals surface area contributed by atoms with Gasteiger partial charge in [0, 0.05) is 29.6 Å². The van der Waals surface area contributed by atoms with Crippen LogP contribution in [0.15, 0.2) is 18.2 Å². The largest absolute Gasteiger partial charge is 0.390 e. The molecule has 5 heteroatoms. The number of carbonyl (C=O) groups is 2. The Morgan fingerprint density at radius 3 is 2.83 bits per heavy atom. The minimum atomic E-state index is 0.0194. The van der Waals surface area contributed by atoms with E-state index in [9.17, 15) is 9.59 Å². The summed E-state index contributed by atoms with van der Waals surface area (Å²) < 4.78 is 0. The number of fused-ring (bicyclic) bond motifs is 2. The van der Waals surface area contributed by atoms with Crippen molar-refractivity contribution < 1.29 is 9.59 Å². The van der Waals surface area contributed by atoms with E-state index in [0.717, 1.165) is 42.5 Å². The minimum absolute atomic E-state index is 0.0194. The lowest BCUT2D eigenvalue weighted by Gasteiger charge is -2.14. The van der Waals surface area contributed by atoms with E-state index in [0.29, 0.717) is 22.7 Å². The zero-order valence-electron chi connectivity index (χ0n) is 13.0. The second-order valence-electron chi connectivity index (χ2n) is 6.19. The van der Waals surface area contributed by atoms with Crippen molar-refractivity contribution in [1.82, 2.24) is 0 Å². The van der Waals surface area contributed by atoms with Gasteiger partial charge in [0.15, 0.2) is 5.78 Å². The molecule has 1 aliphatic heterocycles. The van der Waals surface area contributed by atoms with Crippen LogP contribution in [0.2, 0.25) is 0 Å². The Kier molecular flexibility index (Phi) is 3.27. The van der Waals surface area contributed by atoms with Crippen LogP contribution >= 0.6 is 11.3 Å². The number of aryl methyl sites for hydroxylation is 1. The Labute approximate surface area is 138 Å². The molecule has 118 valence electrons. The predicted octanol–water partition coefficient (Wildman–Crippen LogP) is 2.96. The van der Waals surface area contributed by atoms with Gasteiger partial charge in [-0.1, -0.05) is 0 Å². The van der Waals surface area contributed by atoms with Crippen molar-refractivity contribution in [2.45, 2.75) is 32.6 Å². The molecule has 0 fully saturated rings. The van der Waals surface area contributed by atoms with E-state index in [4.69, 9.17) is 5.73 Å². The van der Waals surface area contributed by atoms with Crippen molar-refractivity contribution in [2.24, 2.45) is 0 Å². The number of benzene rings is 1. The van der Waals surface area contributed by atoms with Gasteiger partial charge in [-0.3, -0.25) is 9.59 Å². The quantitative estimate of drug-likeness (QED) is 0.863. The molecule has 0 spiro atoms. The van der Waals surface area contributed by atoms with Crippen molar-refractivity contribution in [2.75, 3.05) is 17.2 Å². The monoisotopic (exact) mass is 326 g/mol. The molecule has 1 aromatic carbocycles. The average Bonchev–Trinajstić information content (AvgIpc) is 3.19. The number of nitrogens with two attached hydrogens (primary N) is 1. The lowest BCUT2D eigenvalue weighted by Crippen LogP contribution is -2.25. The van der Waals surface area contributed by atoms with Crippen LogP contribution in [0.1, 0.15) is 45.3 Å². The number of ketones is 1. The normalized spacial score (nSPS) is 15.6. The summed E-state index contributed by atoms with van der Waals surface area (Å²) in [6.07, 6.45) is 3.90. The Balaban J connectivity index is 1.72. The fourth-order valence-electron chi connectivity index (χ4n) is 3.69. The molecule has 0 unspecified atom stereocenters. The zero-order chi connectivity index (χ0) is 16.1. The van der Waals surface area contributed by atoms with Gasteiger partial charge in [-0.25, -0.2) is 0 Å². The van der Waals surface area contributed by atoms with E-state index in [-0.39, 0.29) is 11.7 Å². The third-order valence-electron chi connectivity index (χ3n) is 4.79. The molecular formula is C18H18N2O2S. The number of anilines is 2. The zero-order valence-corrected chi connectivity index (χ0v) is 13.8. The molecule has 0 atom stereocenters. The van der Waals surface area contributed by atoms with Crippen LogP contribution in [-0.4, -0.2) is 18.2 Å². The number of carbonyl (C=O) groups excluding carboxylic acids is 2. The van der Waals surface area contributed by atoms with Gasteiger partial charge in [-0.15, -0.1) is 11.3 Å². The number of hydrogen-bond donors (Lipinski definition) is 1. The second-order valence-corrected chi connectivity index (χ2v) is 7.33. The first-order valence-electron chi connectivity index (χ1n) is 7.92. The highest BCUT2D eigenvalue weighted by molar-refractivity contribution is 7.16. The second kappa shape index (κ2) is 5.20. The third kappa shape index (κ3) is 2.18. The van der Waals surface area contributed by atoms with E-state index in [1.165, 1.54) is 4.88 Å². The van der Waals surface area contributed by atoms with Gasteiger partial charge < -0.3 is 10.6 Å². The molecule has 0 saturated heterocycles. The molecule has 1 amide bonds. The topological polar surface area (TPSA) is 63.4 Å². The molecule has 0 bridgehead atoms. The molecule has 2 aliphatic rings. The van der Waals surface area contributed by atoms with Gasteiger partial charge in [-0.05, 0) is 55.0 Å². The lowest BCUT2D eigenvalue weighted by molar-refractivity contribution is -0.116. The summed E-state index contributed by atoms with van der Waals surface area (Å²) in [5, 5.41) is 0.644. The highest BCUT2D eigenvalue weighted by atomic mass is 32.1. The number of nitrogens with zero attached hydrogens (tertiary/aromatic N) is 1. The Bertz CT molecular complexity index is 838. The van der Waals surface area contributed by atoms with Gasteiger partial charge in [0.2, 0.25) is 5.91 Å². The first-order chi connectivity index (χ1) is 11.1. The van der Waals surface area contributed by atoms with E-state index < -0.39 is 0 Å². The summed E-state index contributed by atoms with van der Waals surface area (Å²) in [7, 11) is 0. The van der Waals surface area contributed by atoms with Gasteiger partial charge in [-0.2, -0.15) is 0 Å². The van der Waals surface area contributed by atoms with Crippen LogP contribution in [0.25, 0.3) is 0 Å². The summed E-state index contributed by atoms with van der Waals surface area (Å²) in [5.74, 6) is 0.0636. The summed E-state index contributed by atoms with van der Waals surface area (Å²) in [4.78, 5) is 27.6. The number of rotatable bonds is 2. The van der Waals surface area contributed by atoms with Crippen LogP contribution in [0.5, 0.6) is 0 Å². The minimum Gasteiger partial charge on any atom is -0.390 e. The number of amides is 1. The fourth-order valence-corrected chi connectivity index (χ4v) is 4.85. The van der Waals surface area contributed by atoms with E-state index in [1.807, 2.05) is 18.2 Å². The van der Waals surface area contributed by atoms with E-state index in [2.05, 4.69) is 0 Å². The number of hydrogen-bond acceptors (Lipinski definition) is 4. The SMILES string of the molecule is CC(=O)N1CCc2cc(C(=O)c3c(N)sc4c3CCC4)ccc21. The molecule has 2 N–H and O–H groups in total. The van der Waals surface area contributed by atoms with Gasteiger partial charge in [0.05, 0.1) is 10.6 Å². The Hall–Kier alpha value is -2.14. The standard InChI is InChI=1S/C18H18N2O2S/c1-10(21)20-8-7-11-9-12(5-6-14(11)20)17(22)16-13-3-2-4-15(13)23-18(16)19/h5-6,9H,2-4,7-8,19H2,1H3. The van der Waals surface area contributed by atoms with Crippen molar-refractivity contribution in [1.29, 1.82) is 0 Å². The van der Waals surface area contributed by atoms with Crippen LogP contribution < -0.4 is 10.6 Å². The molecule has 23 heavy (non-hydrogen) atoms. The first kappa shape index (κ1) is 14.5. The van der Waals surface area contributed by atoms with Crippen LogP contribution in [-0.2, 0) is 24.1 Å². The fraction of sp³-hybridized carbons (Fsp3) is 0.333. The third-order valence-corrected chi connectivity index (χ3v) is 5.91. The number of nitrogen functional groups attached to an aromatic ring is 1. The first-order valence-corrected chi connectivity index (χ1v) is 8.73. The molecule has 0 radical (unpaired) electrons. The highest BCUT2D eigenvalue weighted by Gasteiger charge is 2.28. The van der Waals surface area contributed by atoms with Crippen LogP contribution in [0.4, 0.5) is 10.7 Å². The Morgan fingerprint density at radius 2 is 2.04 bits per heavy atom. The maximum absolute atomic E-state index is 12.9. The molecule has 1 aromatic heterocycles. The van der Waals surface area contributed by atoms with Gasteiger partial charge in [0.25, 0.3) is 0 Å². The summed E-state index contributed by atoms with van der Waals surface area (Å²) >= 11 is 1.56. The predicted molar refractivity (Wildman–Crippen MR) is 92.4 cm³/mol. The molecule has 1 aliphatic carbocycles. The average molecular weight is 326 g/mol. The number of thiophene rings is 1. The highest BCUT2D eigenvalue weighted by Crippen LogP contribution is 2.39. The molecular weight excluding hydrogens is 308 g/mol. The lowest BCUT2D eigenvalue weighted by atomic mass is 9.98. The molecule has 4 rings (SSSR count). The molecule has 4 nitrogen and oxygen atoms in total. The van der Waals surface area contributed by atoms with Crippen molar-refractivity contribution in [3.63, 3.8) is 0 Å². The van der Waals surface area contributed by atoms with E-state index in [1.54, 1.807) is 23.2 Å². The van der Waals surface area contributed by atoms with Crippen LogP contribution in [0.3, 0.4) is 0 Å². The van der Waals surface area contributed by atoms with Crippen molar-refractivity contribution >= 4 is 33.7 Å². The maximum Gasteiger partial charge on any atom is 0.223 e. The Morgan fingerprint density at radius 1 is 1.22 bits per heavy atom. The van der Waals surface area contributed by atoms with Crippen molar-refractivity contribution in [3.05, 3.63) is 45.3 Å². The maximum atomic E-state index is 12.9. The smallest absolute Gasteiger partial charge is 0.223 e. The van der Waals surface area contributed by atoms with E-state index >= 15 is 0 Å². The molecule has 2 heterocycles. The summed E-state index contributed by atoms with van der Waals surface area (Å²) in [6.45, 7) is 2.27. The van der Waals surface area contributed by atoms with Crippen molar-refractivity contribution in [3.8, 4) is 0 Å².